The lowest BCUT2D eigenvalue weighted by Gasteiger charge is -2.34. The molecular weight excluding hydrogens is 348 g/mol. The summed E-state index contributed by atoms with van der Waals surface area (Å²) in [5, 5.41) is 4.57. The number of aromatic nitrogens is 2. The monoisotopic (exact) mass is 374 g/mol. The van der Waals surface area contributed by atoms with E-state index in [2.05, 4.69) is 41.2 Å². The van der Waals surface area contributed by atoms with Gasteiger partial charge in [0.15, 0.2) is 5.69 Å². The van der Waals surface area contributed by atoms with E-state index < -0.39 is 0 Å². The van der Waals surface area contributed by atoms with E-state index in [0.29, 0.717) is 5.69 Å². The highest BCUT2D eigenvalue weighted by Gasteiger charge is 2.24. The first kappa shape index (κ1) is 18.4. The number of amides is 1. The molecule has 0 N–H and O–H groups in total. The molecule has 1 aliphatic rings. The molecule has 0 spiro atoms. The van der Waals surface area contributed by atoms with E-state index in [-0.39, 0.29) is 5.91 Å². The maximum atomic E-state index is 12.9. The highest BCUT2D eigenvalue weighted by Crippen LogP contribution is 2.16. The van der Waals surface area contributed by atoms with Crippen molar-refractivity contribution in [3.8, 4) is 5.69 Å². The number of carbonyl (C=O) groups excluding carboxylic acids is 1. The first-order valence-corrected chi connectivity index (χ1v) is 9.80. The number of para-hydroxylation sites is 1. The molecule has 1 aromatic heterocycles. The number of hydrogen-bond donors (Lipinski definition) is 0. The van der Waals surface area contributed by atoms with Gasteiger partial charge in [-0.05, 0) is 43.2 Å². The van der Waals surface area contributed by atoms with Crippen molar-refractivity contribution < 1.29 is 4.79 Å². The number of carbonyl (C=O) groups is 1. The molecule has 0 aliphatic carbocycles. The van der Waals surface area contributed by atoms with Gasteiger partial charge in [-0.15, -0.1) is 0 Å². The van der Waals surface area contributed by atoms with Gasteiger partial charge in [-0.25, -0.2) is 4.68 Å². The topological polar surface area (TPSA) is 41.4 Å². The third-order valence-electron chi connectivity index (χ3n) is 5.42. The third-order valence-corrected chi connectivity index (χ3v) is 5.42. The van der Waals surface area contributed by atoms with Gasteiger partial charge in [0.25, 0.3) is 5.91 Å². The molecule has 1 saturated heterocycles. The molecular formula is C23H26N4O. The molecule has 0 atom stereocenters. The van der Waals surface area contributed by atoms with Gasteiger partial charge in [-0.1, -0.05) is 42.5 Å². The van der Waals surface area contributed by atoms with Crippen molar-refractivity contribution in [2.75, 3.05) is 26.2 Å². The van der Waals surface area contributed by atoms with E-state index in [1.807, 2.05) is 52.9 Å². The summed E-state index contributed by atoms with van der Waals surface area (Å²) in [6.07, 6.45) is 0. The molecule has 5 nitrogen and oxygen atoms in total. The molecule has 0 bridgehead atoms. The van der Waals surface area contributed by atoms with Gasteiger partial charge < -0.3 is 4.90 Å². The Balaban J connectivity index is 1.40. The second-order valence-electron chi connectivity index (χ2n) is 7.41. The molecule has 4 rings (SSSR count). The number of piperazine rings is 1. The zero-order valence-electron chi connectivity index (χ0n) is 16.5. The summed E-state index contributed by atoms with van der Waals surface area (Å²) in [4.78, 5) is 17.3. The first-order valence-electron chi connectivity index (χ1n) is 9.80. The van der Waals surface area contributed by atoms with Crippen LogP contribution in [-0.2, 0) is 6.54 Å². The summed E-state index contributed by atoms with van der Waals surface area (Å²) in [5.41, 5.74) is 5.14. The summed E-state index contributed by atoms with van der Waals surface area (Å²) < 4.78 is 1.83. The van der Waals surface area contributed by atoms with Crippen molar-refractivity contribution in [1.29, 1.82) is 0 Å². The van der Waals surface area contributed by atoms with E-state index in [0.717, 1.165) is 44.1 Å². The zero-order chi connectivity index (χ0) is 19.5. The van der Waals surface area contributed by atoms with E-state index in [9.17, 15) is 4.79 Å². The van der Waals surface area contributed by atoms with Crippen LogP contribution in [0, 0.1) is 13.8 Å². The summed E-state index contributed by atoms with van der Waals surface area (Å²) in [5.74, 6) is 0.0216. The van der Waals surface area contributed by atoms with Crippen LogP contribution in [0.3, 0.4) is 0 Å². The van der Waals surface area contributed by atoms with E-state index in [1.54, 1.807) is 0 Å². The van der Waals surface area contributed by atoms with Crippen LogP contribution in [0.5, 0.6) is 0 Å². The number of benzene rings is 2. The van der Waals surface area contributed by atoms with Crippen molar-refractivity contribution >= 4 is 5.91 Å². The largest absolute Gasteiger partial charge is 0.335 e. The minimum absolute atomic E-state index is 0.0216. The Kier molecular flexibility index (Phi) is 5.26. The fraction of sp³-hybridized carbons (Fsp3) is 0.304. The number of rotatable bonds is 4. The second-order valence-corrected chi connectivity index (χ2v) is 7.41. The Morgan fingerprint density at radius 1 is 0.929 bits per heavy atom. The van der Waals surface area contributed by atoms with Crippen molar-refractivity contribution in [3.63, 3.8) is 0 Å². The molecule has 3 aromatic rings. The van der Waals surface area contributed by atoms with E-state index in [1.165, 1.54) is 11.1 Å². The number of hydrogen-bond acceptors (Lipinski definition) is 3. The highest BCUT2D eigenvalue weighted by atomic mass is 16.2. The number of nitrogens with zero attached hydrogens (tertiary/aromatic N) is 4. The van der Waals surface area contributed by atoms with E-state index in [4.69, 9.17) is 0 Å². The second kappa shape index (κ2) is 7.98. The van der Waals surface area contributed by atoms with Gasteiger partial charge in [0.05, 0.1) is 5.69 Å². The fourth-order valence-corrected chi connectivity index (χ4v) is 3.71. The van der Waals surface area contributed by atoms with Gasteiger partial charge in [0.2, 0.25) is 0 Å². The van der Waals surface area contributed by atoms with Gasteiger partial charge in [-0.2, -0.15) is 5.10 Å². The van der Waals surface area contributed by atoms with E-state index >= 15 is 0 Å². The first-order chi connectivity index (χ1) is 13.6. The molecule has 5 heteroatoms. The summed E-state index contributed by atoms with van der Waals surface area (Å²) in [6, 6.07) is 20.3. The van der Waals surface area contributed by atoms with Crippen LogP contribution in [0.15, 0.2) is 60.7 Å². The minimum atomic E-state index is 0.0216. The van der Waals surface area contributed by atoms with Crippen LogP contribution < -0.4 is 0 Å². The van der Waals surface area contributed by atoms with Crippen LogP contribution in [0.1, 0.15) is 27.3 Å². The van der Waals surface area contributed by atoms with Crippen molar-refractivity contribution in [2.24, 2.45) is 0 Å². The summed E-state index contributed by atoms with van der Waals surface area (Å²) in [7, 11) is 0. The Hall–Kier alpha value is -2.92. The molecule has 1 amide bonds. The van der Waals surface area contributed by atoms with Gasteiger partial charge >= 0.3 is 0 Å². The third kappa shape index (κ3) is 3.85. The lowest BCUT2D eigenvalue weighted by molar-refractivity contribution is 0.0622. The maximum absolute atomic E-state index is 12.9. The fourth-order valence-electron chi connectivity index (χ4n) is 3.71. The average molecular weight is 374 g/mol. The molecule has 1 fully saturated rings. The smallest absolute Gasteiger partial charge is 0.274 e. The standard InChI is InChI=1S/C23H26N4O/c1-18-8-6-7-9-20(18)17-25-12-14-26(15-13-25)23(28)22-16-19(2)27(24-22)21-10-4-3-5-11-21/h3-11,16H,12-15,17H2,1-2H3. The highest BCUT2D eigenvalue weighted by molar-refractivity contribution is 5.92. The van der Waals surface area contributed by atoms with Crippen LogP contribution in [0.4, 0.5) is 0 Å². The molecule has 2 aromatic carbocycles. The normalized spacial score (nSPS) is 15.0. The maximum Gasteiger partial charge on any atom is 0.274 e. The molecule has 144 valence electrons. The van der Waals surface area contributed by atoms with Crippen LogP contribution in [0.2, 0.25) is 0 Å². The minimum Gasteiger partial charge on any atom is -0.335 e. The van der Waals surface area contributed by atoms with Crippen LogP contribution >= 0.6 is 0 Å². The van der Waals surface area contributed by atoms with Gasteiger partial charge in [0, 0.05) is 38.4 Å². The molecule has 1 aliphatic heterocycles. The van der Waals surface area contributed by atoms with Crippen molar-refractivity contribution in [1.82, 2.24) is 19.6 Å². The molecule has 2 heterocycles. The molecule has 0 unspecified atom stereocenters. The Morgan fingerprint density at radius 2 is 1.61 bits per heavy atom. The predicted molar refractivity (Wildman–Crippen MR) is 111 cm³/mol. The molecule has 0 radical (unpaired) electrons. The van der Waals surface area contributed by atoms with Gasteiger partial charge in [0.1, 0.15) is 0 Å². The quantitative estimate of drug-likeness (QED) is 0.702. The molecule has 0 saturated carbocycles. The zero-order valence-corrected chi connectivity index (χ0v) is 16.5. The average Bonchev–Trinajstić information content (AvgIpc) is 3.12. The van der Waals surface area contributed by atoms with Crippen LogP contribution in [0.25, 0.3) is 5.69 Å². The lowest BCUT2D eigenvalue weighted by Crippen LogP contribution is -2.48. The predicted octanol–water partition coefficient (Wildman–Crippen LogP) is 3.45. The van der Waals surface area contributed by atoms with Crippen molar-refractivity contribution in [3.05, 3.63) is 83.2 Å². The summed E-state index contributed by atoms with van der Waals surface area (Å²) in [6.45, 7) is 8.33. The Morgan fingerprint density at radius 3 is 2.32 bits per heavy atom. The van der Waals surface area contributed by atoms with Gasteiger partial charge in [-0.3, -0.25) is 9.69 Å². The Labute approximate surface area is 166 Å². The number of aryl methyl sites for hydroxylation is 2. The van der Waals surface area contributed by atoms with Crippen molar-refractivity contribution in [2.45, 2.75) is 20.4 Å². The molecule has 28 heavy (non-hydrogen) atoms. The SMILES string of the molecule is Cc1ccccc1CN1CCN(C(=O)c2cc(C)n(-c3ccccc3)n2)CC1. The van der Waals surface area contributed by atoms with Crippen LogP contribution in [-0.4, -0.2) is 51.7 Å². The lowest BCUT2D eigenvalue weighted by atomic mass is 10.1. The summed E-state index contributed by atoms with van der Waals surface area (Å²) >= 11 is 0. The Bertz CT molecular complexity index is 956.